The zero-order chi connectivity index (χ0) is 21.3. The predicted octanol–water partition coefficient (Wildman–Crippen LogP) is 4.15. The lowest BCUT2D eigenvalue weighted by Crippen LogP contribution is -2.53. The van der Waals surface area contributed by atoms with E-state index in [1.807, 2.05) is 18.2 Å². The first-order valence-corrected chi connectivity index (χ1v) is 10.9. The van der Waals surface area contributed by atoms with Crippen LogP contribution in [-0.4, -0.2) is 46.4 Å². The fourth-order valence-corrected chi connectivity index (χ4v) is 4.90. The maximum atomic E-state index is 14.0. The van der Waals surface area contributed by atoms with E-state index in [2.05, 4.69) is 24.3 Å². The van der Waals surface area contributed by atoms with Crippen LogP contribution in [0.2, 0.25) is 5.02 Å². The Labute approximate surface area is 183 Å². The molecule has 4 rings (SSSR count). The zero-order valence-corrected chi connectivity index (χ0v) is 17.6. The molecule has 3 aromatic rings. The Kier molecular flexibility index (Phi) is 6.53. The molecule has 1 aliphatic rings. The highest BCUT2D eigenvalue weighted by Gasteiger charge is 2.45. The van der Waals surface area contributed by atoms with Gasteiger partial charge in [0.25, 0.3) is 0 Å². The van der Waals surface area contributed by atoms with Crippen LogP contribution in [0, 0.1) is 0 Å². The van der Waals surface area contributed by atoms with E-state index < -0.39 is 37.2 Å². The van der Waals surface area contributed by atoms with E-state index in [1.54, 1.807) is 29.5 Å². The van der Waals surface area contributed by atoms with Gasteiger partial charge in [0.15, 0.2) is 6.17 Å². The molecule has 4 nitrogen and oxygen atoms in total. The lowest BCUT2D eigenvalue weighted by atomic mass is 9.91. The van der Waals surface area contributed by atoms with Crippen LogP contribution in [0.4, 0.5) is 4.39 Å². The highest BCUT2D eigenvalue weighted by molar-refractivity contribution is 7.15. The molecule has 2 heterocycles. The Morgan fingerprint density at radius 2 is 1.77 bits per heavy atom. The van der Waals surface area contributed by atoms with Crippen molar-refractivity contribution in [3.05, 3.63) is 81.7 Å². The molecule has 2 aromatic carbocycles. The molecule has 0 bridgehead atoms. The first-order valence-electron chi connectivity index (χ1n) is 9.67. The van der Waals surface area contributed by atoms with Gasteiger partial charge in [0.2, 0.25) is 0 Å². The lowest BCUT2D eigenvalue weighted by molar-refractivity contribution is -0.214. The third-order valence-corrected chi connectivity index (χ3v) is 6.83. The van der Waals surface area contributed by atoms with E-state index in [-0.39, 0.29) is 0 Å². The van der Waals surface area contributed by atoms with Crippen LogP contribution in [0.1, 0.15) is 22.1 Å². The first kappa shape index (κ1) is 21.4. The highest BCUT2D eigenvalue weighted by atomic mass is 35.5. The minimum atomic E-state index is -1.85. The fraction of sp³-hybridized carbons (Fsp3) is 0.304. The Morgan fingerprint density at radius 3 is 2.50 bits per heavy atom. The topological polar surface area (TPSA) is 69.9 Å². The van der Waals surface area contributed by atoms with E-state index in [0.29, 0.717) is 17.0 Å². The molecular formula is C23H22ClFO4S. The largest absolute Gasteiger partial charge is 0.394 e. The second kappa shape index (κ2) is 9.14. The van der Waals surface area contributed by atoms with Crippen molar-refractivity contribution in [2.24, 2.45) is 0 Å². The van der Waals surface area contributed by atoms with Gasteiger partial charge in [0.05, 0.1) is 6.61 Å². The van der Waals surface area contributed by atoms with E-state index in [1.165, 1.54) is 0 Å². The number of hydrogen-bond acceptors (Lipinski definition) is 5. The van der Waals surface area contributed by atoms with E-state index in [0.717, 1.165) is 20.9 Å². The summed E-state index contributed by atoms with van der Waals surface area (Å²) >= 11 is 8.08. The molecule has 0 saturated carbocycles. The van der Waals surface area contributed by atoms with Crippen molar-refractivity contribution in [2.75, 3.05) is 6.61 Å². The standard InChI is InChI=1S/C23H22ClFO4S/c24-17-8-6-14(23-22(28)21(27)20(25)18(12-26)29-23)10-15(17)11-16-7-9-19(30-16)13-4-2-1-3-5-13/h1-10,18,20-23,26-28H,11-12H2/t18-,20+,21+,22-,23+/m1/s1. The maximum Gasteiger partial charge on any atom is 0.157 e. The lowest BCUT2D eigenvalue weighted by Gasteiger charge is -2.39. The van der Waals surface area contributed by atoms with Crippen molar-refractivity contribution in [2.45, 2.75) is 37.0 Å². The third kappa shape index (κ3) is 4.30. The maximum absolute atomic E-state index is 14.0. The molecule has 1 aliphatic heterocycles. The number of rotatable bonds is 5. The molecule has 1 saturated heterocycles. The minimum Gasteiger partial charge on any atom is -0.394 e. The summed E-state index contributed by atoms with van der Waals surface area (Å²) in [6.45, 7) is -0.584. The van der Waals surface area contributed by atoms with Crippen molar-refractivity contribution in [1.82, 2.24) is 0 Å². The summed E-state index contributed by atoms with van der Waals surface area (Å²) in [5, 5.41) is 30.2. The monoisotopic (exact) mass is 448 g/mol. The average Bonchev–Trinajstić information content (AvgIpc) is 3.23. The number of ether oxygens (including phenoxy) is 1. The van der Waals surface area contributed by atoms with Crippen LogP contribution in [0.15, 0.2) is 60.7 Å². The molecule has 1 aromatic heterocycles. The van der Waals surface area contributed by atoms with Crippen molar-refractivity contribution in [3.63, 3.8) is 0 Å². The molecule has 0 aliphatic carbocycles. The van der Waals surface area contributed by atoms with Gasteiger partial charge in [-0.3, -0.25) is 0 Å². The molecule has 0 amide bonds. The molecule has 7 heteroatoms. The molecular weight excluding hydrogens is 427 g/mol. The number of aliphatic hydroxyl groups is 3. The van der Waals surface area contributed by atoms with Gasteiger partial charge < -0.3 is 20.1 Å². The number of halogens is 2. The van der Waals surface area contributed by atoms with Gasteiger partial charge in [-0.1, -0.05) is 54.1 Å². The van der Waals surface area contributed by atoms with Crippen molar-refractivity contribution >= 4 is 22.9 Å². The van der Waals surface area contributed by atoms with Gasteiger partial charge in [-0.15, -0.1) is 11.3 Å². The summed E-state index contributed by atoms with van der Waals surface area (Å²) in [5.74, 6) is 0. The van der Waals surface area contributed by atoms with Crippen molar-refractivity contribution in [3.8, 4) is 10.4 Å². The fourth-order valence-electron chi connectivity index (χ4n) is 3.68. The molecule has 3 N–H and O–H groups in total. The number of hydrogen-bond donors (Lipinski definition) is 3. The normalized spacial score (nSPS) is 26.6. The van der Waals surface area contributed by atoms with E-state index >= 15 is 0 Å². The van der Waals surface area contributed by atoms with Crippen LogP contribution < -0.4 is 0 Å². The van der Waals surface area contributed by atoms with Crippen LogP contribution >= 0.6 is 22.9 Å². The Hall–Kier alpha value is -1.80. The van der Waals surface area contributed by atoms with Crippen LogP contribution in [-0.2, 0) is 11.2 Å². The predicted molar refractivity (Wildman–Crippen MR) is 116 cm³/mol. The van der Waals surface area contributed by atoms with Crippen molar-refractivity contribution < 1.29 is 24.4 Å². The molecule has 5 atom stereocenters. The van der Waals surface area contributed by atoms with Gasteiger partial charge in [0.1, 0.15) is 24.4 Å². The summed E-state index contributed by atoms with van der Waals surface area (Å²) in [5.41, 5.74) is 2.56. The molecule has 30 heavy (non-hydrogen) atoms. The van der Waals surface area contributed by atoms with Crippen LogP contribution in [0.3, 0.4) is 0 Å². The Morgan fingerprint density at radius 1 is 1.00 bits per heavy atom. The highest BCUT2D eigenvalue weighted by Crippen LogP contribution is 2.36. The third-order valence-electron chi connectivity index (χ3n) is 5.33. The smallest absolute Gasteiger partial charge is 0.157 e. The second-order valence-electron chi connectivity index (χ2n) is 7.36. The summed E-state index contributed by atoms with van der Waals surface area (Å²) in [6, 6.07) is 19.4. The number of benzene rings is 2. The molecule has 0 spiro atoms. The van der Waals surface area contributed by atoms with Gasteiger partial charge in [0, 0.05) is 21.2 Å². The first-order chi connectivity index (χ1) is 14.5. The van der Waals surface area contributed by atoms with E-state index in [4.69, 9.17) is 16.3 Å². The molecule has 0 radical (unpaired) electrons. The Bertz CT molecular complexity index is 994. The van der Waals surface area contributed by atoms with Gasteiger partial charge >= 0.3 is 0 Å². The minimum absolute atomic E-state index is 0.571. The van der Waals surface area contributed by atoms with E-state index in [9.17, 15) is 19.7 Å². The number of aliphatic hydroxyl groups excluding tert-OH is 3. The second-order valence-corrected chi connectivity index (χ2v) is 8.94. The van der Waals surface area contributed by atoms with Gasteiger partial charge in [-0.05, 0) is 34.9 Å². The SMILES string of the molecule is OC[C@H]1O[C@@H](c2ccc(Cl)c(Cc3ccc(-c4ccccc4)s3)c2)[C@H](O)[C@@H](O)[C@H]1F. The summed E-state index contributed by atoms with van der Waals surface area (Å²) in [7, 11) is 0. The molecule has 0 unspecified atom stereocenters. The van der Waals surface area contributed by atoms with Crippen LogP contribution in [0.25, 0.3) is 10.4 Å². The summed E-state index contributed by atoms with van der Waals surface area (Å²) in [4.78, 5) is 2.28. The molecule has 158 valence electrons. The van der Waals surface area contributed by atoms with Gasteiger partial charge in [-0.25, -0.2) is 4.39 Å². The summed E-state index contributed by atoms with van der Waals surface area (Å²) < 4.78 is 19.6. The summed E-state index contributed by atoms with van der Waals surface area (Å²) in [6.07, 6.45) is -6.49. The molecule has 1 fully saturated rings. The quantitative estimate of drug-likeness (QED) is 0.548. The zero-order valence-electron chi connectivity index (χ0n) is 16.0. The van der Waals surface area contributed by atoms with Crippen LogP contribution in [0.5, 0.6) is 0 Å². The number of thiophene rings is 1. The average molecular weight is 449 g/mol. The number of alkyl halides is 1. The van der Waals surface area contributed by atoms with Crippen molar-refractivity contribution in [1.29, 1.82) is 0 Å². The van der Waals surface area contributed by atoms with Gasteiger partial charge in [-0.2, -0.15) is 0 Å². The Balaban J connectivity index is 1.57.